The highest BCUT2D eigenvalue weighted by Gasteiger charge is 2.21. The molecule has 0 saturated heterocycles. The maximum Gasteiger partial charge on any atom is 0.212 e. The molecule has 0 rings (SSSR count). The van der Waals surface area contributed by atoms with Gasteiger partial charge in [0.25, 0.3) is 0 Å². The lowest BCUT2D eigenvalue weighted by atomic mass is 9.94. The molecule has 0 saturated carbocycles. The van der Waals surface area contributed by atoms with Crippen molar-refractivity contribution in [2.45, 2.75) is 46.6 Å². The van der Waals surface area contributed by atoms with Crippen LogP contribution in [0.2, 0.25) is 0 Å². The summed E-state index contributed by atoms with van der Waals surface area (Å²) < 4.78 is 26.0. The third-order valence-electron chi connectivity index (χ3n) is 2.19. The molecule has 0 aliphatic carbocycles. The first kappa shape index (κ1) is 15.8. The molecule has 3 N–H and O–H groups in total. The van der Waals surface area contributed by atoms with Crippen molar-refractivity contribution in [3.63, 3.8) is 0 Å². The normalized spacial score (nSPS) is 14.8. The number of thiocarbonyl (C=S) groups is 1. The van der Waals surface area contributed by atoms with Gasteiger partial charge in [0.15, 0.2) is 0 Å². The summed E-state index contributed by atoms with van der Waals surface area (Å²) in [7, 11) is -3.29. The zero-order valence-corrected chi connectivity index (χ0v) is 12.0. The lowest BCUT2D eigenvalue weighted by Gasteiger charge is -2.20. The summed E-state index contributed by atoms with van der Waals surface area (Å²) in [5.41, 5.74) is 5.44. The van der Waals surface area contributed by atoms with Crippen molar-refractivity contribution in [1.82, 2.24) is 4.72 Å². The summed E-state index contributed by atoms with van der Waals surface area (Å²) in [4.78, 5) is 0.196. The first-order valence-corrected chi connectivity index (χ1v) is 7.43. The quantitative estimate of drug-likeness (QED) is 0.713. The summed E-state index contributed by atoms with van der Waals surface area (Å²) in [6.07, 6.45) is 1.18. The van der Waals surface area contributed by atoms with Crippen LogP contribution in [-0.4, -0.2) is 25.2 Å². The molecule has 0 spiro atoms. The molecular weight excluding hydrogens is 244 g/mol. The maximum atomic E-state index is 11.7. The molecule has 4 nitrogen and oxygen atoms in total. The van der Waals surface area contributed by atoms with E-state index in [-0.39, 0.29) is 16.2 Å². The van der Waals surface area contributed by atoms with Crippen LogP contribution in [0.25, 0.3) is 0 Å². The average molecular weight is 266 g/mol. The molecule has 0 fully saturated rings. The first-order chi connectivity index (χ1) is 7.07. The van der Waals surface area contributed by atoms with Gasteiger partial charge in [0.2, 0.25) is 10.0 Å². The van der Waals surface area contributed by atoms with Crippen molar-refractivity contribution in [2.24, 2.45) is 11.1 Å². The average Bonchev–Trinajstić information content (AvgIpc) is 2.10. The van der Waals surface area contributed by atoms with Gasteiger partial charge < -0.3 is 5.73 Å². The Labute approximate surface area is 104 Å². The van der Waals surface area contributed by atoms with Crippen molar-refractivity contribution in [3.05, 3.63) is 0 Å². The van der Waals surface area contributed by atoms with Crippen molar-refractivity contribution < 1.29 is 8.42 Å². The van der Waals surface area contributed by atoms with E-state index in [2.05, 4.69) is 4.72 Å². The molecule has 0 bridgehead atoms. The molecule has 96 valence electrons. The predicted molar refractivity (Wildman–Crippen MR) is 71.9 cm³/mol. The zero-order chi connectivity index (χ0) is 13.0. The number of nitrogens with two attached hydrogens (primary N) is 1. The third kappa shape index (κ3) is 7.14. The van der Waals surface area contributed by atoms with Crippen molar-refractivity contribution >= 4 is 27.2 Å². The van der Waals surface area contributed by atoms with Crippen molar-refractivity contribution in [3.8, 4) is 0 Å². The van der Waals surface area contributed by atoms with Crippen LogP contribution in [0.3, 0.4) is 0 Å². The largest absolute Gasteiger partial charge is 0.392 e. The molecule has 1 atom stereocenters. The Balaban J connectivity index is 4.41. The summed E-state index contributed by atoms with van der Waals surface area (Å²) in [6, 6.07) is -0.431. The van der Waals surface area contributed by atoms with E-state index in [4.69, 9.17) is 18.0 Å². The summed E-state index contributed by atoms with van der Waals surface area (Å²) >= 11 is 4.79. The van der Waals surface area contributed by atoms with E-state index < -0.39 is 16.1 Å². The van der Waals surface area contributed by atoms with Crippen LogP contribution in [0.4, 0.5) is 0 Å². The second-order valence-electron chi connectivity index (χ2n) is 5.11. The predicted octanol–water partition coefficient (Wildman–Crippen LogP) is 1.41. The van der Waals surface area contributed by atoms with Gasteiger partial charge >= 0.3 is 0 Å². The van der Waals surface area contributed by atoms with Gasteiger partial charge in [0, 0.05) is 0 Å². The number of nitrogens with one attached hydrogen (secondary N) is 1. The smallest absolute Gasteiger partial charge is 0.212 e. The molecular formula is C10H22N2O2S2. The van der Waals surface area contributed by atoms with Gasteiger partial charge in [-0.1, -0.05) is 39.9 Å². The number of rotatable bonds is 6. The van der Waals surface area contributed by atoms with E-state index in [1.807, 2.05) is 27.7 Å². The minimum Gasteiger partial charge on any atom is -0.392 e. The highest BCUT2D eigenvalue weighted by Crippen LogP contribution is 2.19. The van der Waals surface area contributed by atoms with Crippen molar-refractivity contribution in [1.29, 1.82) is 0 Å². The van der Waals surface area contributed by atoms with E-state index in [0.717, 1.165) is 0 Å². The molecule has 0 aromatic rings. The number of hydrogen-bond donors (Lipinski definition) is 2. The lowest BCUT2D eigenvalue weighted by Crippen LogP contribution is -2.44. The van der Waals surface area contributed by atoms with Gasteiger partial charge in [-0.15, -0.1) is 0 Å². The summed E-state index contributed by atoms with van der Waals surface area (Å²) in [5, 5.41) is 0. The minimum absolute atomic E-state index is 0.000313. The van der Waals surface area contributed by atoms with Crippen LogP contribution in [0.15, 0.2) is 0 Å². The Morgan fingerprint density at radius 2 is 1.94 bits per heavy atom. The van der Waals surface area contributed by atoms with Crippen LogP contribution in [0, 0.1) is 5.41 Å². The Hall–Kier alpha value is -0.200. The highest BCUT2D eigenvalue weighted by molar-refractivity contribution is 7.89. The molecule has 1 unspecified atom stereocenters. The zero-order valence-electron chi connectivity index (χ0n) is 10.4. The second kappa shape index (κ2) is 5.93. The molecule has 0 aromatic heterocycles. The highest BCUT2D eigenvalue weighted by atomic mass is 32.2. The fourth-order valence-corrected chi connectivity index (χ4v) is 3.09. The SMILES string of the molecule is CCC(NS(=O)(=O)CCC(C)(C)C)C(N)=S. The molecule has 0 aliphatic heterocycles. The number of sulfonamides is 1. The molecule has 0 radical (unpaired) electrons. The van der Waals surface area contributed by atoms with Gasteiger partial charge in [-0.2, -0.15) is 0 Å². The monoisotopic (exact) mass is 266 g/mol. The van der Waals surface area contributed by atoms with Gasteiger partial charge in [-0.05, 0) is 18.3 Å². The number of hydrogen-bond acceptors (Lipinski definition) is 3. The maximum absolute atomic E-state index is 11.7. The lowest BCUT2D eigenvalue weighted by molar-refractivity contribution is 0.396. The minimum atomic E-state index is -3.29. The Bertz CT molecular complexity index is 331. The topological polar surface area (TPSA) is 72.2 Å². The van der Waals surface area contributed by atoms with Gasteiger partial charge in [-0.3, -0.25) is 0 Å². The van der Waals surface area contributed by atoms with E-state index >= 15 is 0 Å². The molecule has 0 heterocycles. The standard InChI is InChI=1S/C10H22N2O2S2/c1-5-8(9(11)15)12-16(13,14)7-6-10(2,3)4/h8,12H,5-7H2,1-4H3,(H2,11,15). The van der Waals surface area contributed by atoms with Crippen LogP contribution >= 0.6 is 12.2 Å². The Morgan fingerprint density at radius 3 is 2.25 bits per heavy atom. The molecule has 16 heavy (non-hydrogen) atoms. The van der Waals surface area contributed by atoms with E-state index in [1.165, 1.54) is 0 Å². The van der Waals surface area contributed by atoms with Crippen LogP contribution < -0.4 is 10.5 Å². The summed E-state index contributed by atoms with van der Waals surface area (Å²) in [6.45, 7) is 7.87. The van der Waals surface area contributed by atoms with Crippen LogP contribution in [-0.2, 0) is 10.0 Å². The Kier molecular flexibility index (Phi) is 5.86. The van der Waals surface area contributed by atoms with E-state index in [1.54, 1.807) is 0 Å². The summed E-state index contributed by atoms with van der Waals surface area (Å²) in [5.74, 6) is 0.107. The van der Waals surface area contributed by atoms with Gasteiger partial charge in [0.05, 0.1) is 16.8 Å². The van der Waals surface area contributed by atoms with Crippen LogP contribution in [0.1, 0.15) is 40.5 Å². The van der Waals surface area contributed by atoms with Crippen LogP contribution in [0.5, 0.6) is 0 Å². The second-order valence-corrected chi connectivity index (χ2v) is 7.46. The molecule has 0 aromatic carbocycles. The van der Waals surface area contributed by atoms with E-state index in [0.29, 0.717) is 12.8 Å². The first-order valence-electron chi connectivity index (χ1n) is 5.37. The van der Waals surface area contributed by atoms with Gasteiger partial charge in [-0.25, -0.2) is 13.1 Å². The fourth-order valence-electron chi connectivity index (χ4n) is 1.06. The Morgan fingerprint density at radius 1 is 1.44 bits per heavy atom. The molecule has 6 heteroatoms. The van der Waals surface area contributed by atoms with E-state index in [9.17, 15) is 8.42 Å². The fraction of sp³-hybridized carbons (Fsp3) is 0.900. The van der Waals surface area contributed by atoms with Crippen molar-refractivity contribution in [2.75, 3.05) is 5.75 Å². The third-order valence-corrected chi connectivity index (χ3v) is 3.86. The molecule has 0 aliphatic rings. The van der Waals surface area contributed by atoms with Gasteiger partial charge in [0.1, 0.15) is 0 Å². The molecule has 0 amide bonds.